The smallest absolute Gasteiger partial charge is 0.408 e. The number of rotatable bonds is 4. The van der Waals surface area contributed by atoms with Crippen molar-refractivity contribution >= 4 is 17.1 Å². The molecule has 5 nitrogen and oxygen atoms in total. The Morgan fingerprint density at radius 1 is 0.971 bits per heavy atom. The molecule has 0 radical (unpaired) electrons. The average molecular weight is 465 g/mol. The molecule has 1 aliphatic rings. The predicted molar refractivity (Wildman–Crippen MR) is 137 cm³/mol. The van der Waals surface area contributed by atoms with Crippen molar-refractivity contribution < 1.29 is 14.3 Å². The predicted octanol–water partition coefficient (Wildman–Crippen LogP) is 7.80. The van der Waals surface area contributed by atoms with Crippen molar-refractivity contribution in [2.75, 3.05) is 0 Å². The molecule has 1 aromatic heterocycles. The maximum Gasteiger partial charge on any atom is 0.408 e. The highest BCUT2D eigenvalue weighted by Crippen LogP contribution is 2.50. The summed E-state index contributed by atoms with van der Waals surface area (Å²) in [5.74, 6) is 0.703. The van der Waals surface area contributed by atoms with Crippen molar-refractivity contribution in [2.45, 2.75) is 51.1 Å². The van der Waals surface area contributed by atoms with Crippen LogP contribution in [0.25, 0.3) is 33.4 Å². The van der Waals surface area contributed by atoms with Crippen molar-refractivity contribution in [1.82, 2.24) is 4.90 Å². The molecule has 176 valence electrons. The maximum atomic E-state index is 12.3. The zero-order valence-corrected chi connectivity index (χ0v) is 20.2. The Kier molecular flexibility index (Phi) is 5.40. The van der Waals surface area contributed by atoms with Crippen LogP contribution in [-0.4, -0.2) is 21.6 Å². The molecule has 1 aliphatic carbocycles. The molecule has 5 heteroatoms. The highest BCUT2D eigenvalue weighted by atomic mass is 16.4. The first kappa shape index (κ1) is 22.7. The van der Waals surface area contributed by atoms with Gasteiger partial charge < -0.3 is 9.52 Å². The molecular weight excluding hydrogens is 436 g/mol. The van der Waals surface area contributed by atoms with E-state index in [-0.39, 0.29) is 0 Å². The zero-order chi connectivity index (χ0) is 24.8. The van der Waals surface area contributed by atoms with Gasteiger partial charge in [0.05, 0.1) is 11.1 Å². The number of amides is 1. The van der Waals surface area contributed by atoms with Crippen LogP contribution in [0.4, 0.5) is 4.79 Å². The molecule has 1 heterocycles. The summed E-state index contributed by atoms with van der Waals surface area (Å²) >= 11 is 0. The van der Waals surface area contributed by atoms with E-state index in [9.17, 15) is 15.2 Å². The Labute approximate surface area is 205 Å². The molecule has 0 unspecified atom stereocenters. The standard InChI is InChI=1S/C30H28N2O3/c1-29(2,3)32(28(33)34)30(17-8-18-30)23-15-13-21(14-16-23)27-25(20-9-5-4-6-10-20)24-12-7-11-22(19-31)26(24)35-27/h4-7,9-16H,8,17-18H2,1-3H3,(H,33,34). The van der Waals surface area contributed by atoms with Gasteiger partial charge in [-0.3, -0.25) is 4.90 Å². The van der Waals surface area contributed by atoms with Gasteiger partial charge in [0.15, 0.2) is 5.58 Å². The summed E-state index contributed by atoms with van der Waals surface area (Å²) in [5, 5.41) is 20.6. The summed E-state index contributed by atoms with van der Waals surface area (Å²) in [7, 11) is 0. The van der Waals surface area contributed by atoms with Gasteiger partial charge in [-0.15, -0.1) is 0 Å². The first-order valence-corrected chi connectivity index (χ1v) is 11.9. The number of benzene rings is 3. The molecule has 1 saturated carbocycles. The number of fused-ring (bicyclic) bond motifs is 1. The number of hydrogen-bond acceptors (Lipinski definition) is 3. The Bertz CT molecular complexity index is 1430. The summed E-state index contributed by atoms with van der Waals surface area (Å²) in [4.78, 5) is 13.9. The second kappa shape index (κ2) is 8.32. The molecule has 35 heavy (non-hydrogen) atoms. The van der Waals surface area contributed by atoms with Crippen LogP contribution in [0.2, 0.25) is 0 Å². The second-order valence-electron chi connectivity index (χ2n) is 10.2. The SMILES string of the molecule is CC(C)(C)N(C(=O)O)C1(c2ccc(-c3oc4c(C#N)cccc4c3-c3ccccc3)cc2)CCC1. The Hall–Kier alpha value is -4.04. The van der Waals surface area contributed by atoms with Crippen LogP contribution in [0.1, 0.15) is 51.2 Å². The molecule has 0 aliphatic heterocycles. The summed E-state index contributed by atoms with van der Waals surface area (Å²) in [5.41, 5.74) is 3.89. The second-order valence-corrected chi connectivity index (χ2v) is 10.2. The fourth-order valence-corrected chi connectivity index (χ4v) is 5.50. The van der Waals surface area contributed by atoms with Crippen molar-refractivity contribution in [2.24, 2.45) is 0 Å². The number of nitriles is 1. The van der Waals surface area contributed by atoms with Crippen LogP contribution in [0.15, 0.2) is 77.2 Å². The van der Waals surface area contributed by atoms with E-state index in [1.165, 1.54) is 0 Å². The van der Waals surface area contributed by atoms with Gasteiger partial charge in [0.1, 0.15) is 11.8 Å². The third-order valence-corrected chi connectivity index (χ3v) is 7.05. The minimum absolute atomic E-state index is 0.498. The third kappa shape index (κ3) is 3.66. The van der Waals surface area contributed by atoms with E-state index in [0.29, 0.717) is 16.9 Å². The highest BCUT2D eigenvalue weighted by molar-refractivity contribution is 6.03. The van der Waals surface area contributed by atoms with Gasteiger partial charge in [-0.05, 0) is 57.2 Å². The van der Waals surface area contributed by atoms with Gasteiger partial charge >= 0.3 is 6.09 Å². The number of carboxylic acid groups (broad SMARTS) is 1. The number of nitrogens with zero attached hydrogens (tertiary/aromatic N) is 2. The monoisotopic (exact) mass is 464 g/mol. The van der Waals surface area contributed by atoms with E-state index in [0.717, 1.165) is 46.9 Å². The number of furan rings is 1. The largest absolute Gasteiger partial charge is 0.465 e. The van der Waals surface area contributed by atoms with E-state index in [1.807, 2.05) is 87.5 Å². The molecule has 5 rings (SSSR count). The van der Waals surface area contributed by atoms with E-state index >= 15 is 0 Å². The Balaban J connectivity index is 1.65. The lowest BCUT2D eigenvalue weighted by Gasteiger charge is -2.54. The Morgan fingerprint density at radius 2 is 1.66 bits per heavy atom. The molecule has 0 spiro atoms. The minimum Gasteiger partial charge on any atom is -0.465 e. The molecule has 0 bridgehead atoms. The molecule has 1 N–H and O–H groups in total. The molecule has 1 amide bonds. The summed E-state index contributed by atoms with van der Waals surface area (Å²) in [6, 6.07) is 26.0. The van der Waals surface area contributed by atoms with Crippen LogP contribution in [0.3, 0.4) is 0 Å². The summed E-state index contributed by atoms with van der Waals surface area (Å²) in [6.45, 7) is 5.84. The van der Waals surface area contributed by atoms with Crippen molar-refractivity contribution in [1.29, 1.82) is 5.26 Å². The topological polar surface area (TPSA) is 77.5 Å². The molecule has 1 fully saturated rings. The van der Waals surface area contributed by atoms with E-state index in [4.69, 9.17) is 4.42 Å². The molecule has 4 aromatic rings. The van der Waals surface area contributed by atoms with Gasteiger partial charge in [0.2, 0.25) is 0 Å². The molecule has 0 atom stereocenters. The molecular formula is C30H28N2O3. The fourth-order valence-electron chi connectivity index (χ4n) is 5.50. The fraction of sp³-hybridized carbons (Fsp3) is 0.267. The van der Waals surface area contributed by atoms with Crippen LogP contribution < -0.4 is 0 Å². The first-order chi connectivity index (χ1) is 16.8. The van der Waals surface area contributed by atoms with Crippen LogP contribution in [0.5, 0.6) is 0 Å². The number of carbonyl (C=O) groups is 1. The lowest BCUT2D eigenvalue weighted by molar-refractivity contribution is -0.0328. The van der Waals surface area contributed by atoms with E-state index in [2.05, 4.69) is 6.07 Å². The molecule has 0 saturated heterocycles. The molecule has 3 aromatic carbocycles. The first-order valence-electron chi connectivity index (χ1n) is 11.9. The van der Waals surface area contributed by atoms with E-state index < -0.39 is 17.2 Å². The van der Waals surface area contributed by atoms with Gasteiger partial charge in [0, 0.05) is 22.1 Å². The zero-order valence-electron chi connectivity index (χ0n) is 20.2. The highest BCUT2D eigenvalue weighted by Gasteiger charge is 2.50. The lowest BCUT2D eigenvalue weighted by Crippen LogP contribution is -2.60. The van der Waals surface area contributed by atoms with Crippen molar-refractivity contribution in [3.05, 3.63) is 83.9 Å². The van der Waals surface area contributed by atoms with E-state index in [1.54, 1.807) is 11.0 Å². The van der Waals surface area contributed by atoms with Gasteiger partial charge in [-0.2, -0.15) is 5.26 Å². The normalized spacial score (nSPS) is 14.8. The average Bonchev–Trinajstić information content (AvgIpc) is 3.20. The van der Waals surface area contributed by atoms with Crippen molar-refractivity contribution in [3.8, 4) is 28.5 Å². The minimum atomic E-state index is -0.894. The Morgan fingerprint density at radius 3 is 2.20 bits per heavy atom. The van der Waals surface area contributed by atoms with Gasteiger partial charge in [-0.25, -0.2) is 4.79 Å². The summed E-state index contributed by atoms with van der Waals surface area (Å²) < 4.78 is 6.34. The number of para-hydroxylation sites is 1. The van der Waals surface area contributed by atoms with Crippen LogP contribution >= 0.6 is 0 Å². The quantitative estimate of drug-likeness (QED) is 0.334. The van der Waals surface area contributed by atoms with Gasteiger partial charge in [-0.1, -0.05) is 66.7 Å². The van der Waals surface area contributed by atoms with Crippen molar-refractivity contribution in [3.63, 3.8) is 0 Å². The number of hydrogen-bond donors (Lipinski definition) is 1. The maximum absolute atomic E-state index is 12.3. The van der Waals surface area contributed by atoms with Crippen LogP contribution in [0, 0.1) is 11.3 Å². The third-order valence-electron chi connectivity index (χ3n) is 7.05. The van der Waals surface area contributed by atoms with Gasteiger partial charge in [0.25, 0.3) is 0 Å². The van der Waals surface area contributed by atoms with Crippen LogP contribution in [-0.2, 0) is 5.54 Å². The lowest BCUT2D eigenvalue weighted by atomic mass is 9.69. The summed E-state index contributed by atoms with van der Waals surface area (Å²) in [6.07, 6.45) is 1.72.